The number of alkyl halides is 3. The Balaban J connectivity index is 1.86. The molecule has 2 aromatic rings. The minimum absolute atomic E-state index is 0.0328. The Morgan fingerprint density at radius 2 is 1.90 bits per heavy atom. The Labute approximate surface area is 129 Å². The zero-order valence-corrected chi connectivity index (χ0v) is 12.4. The van der Waals surface area contributed by atoms with Crippen molar-refractivity contribution in [3.63, 3.8) is 0 Å². The normalized spacial score (nSPS) is 11.4. The fourth-order valence-electron chi connectivity index (χ4n) is 1.58. The molecular formula is C14H12ClF3N2S. The van der Waals surface area contributed by atoms with Gasteiger partial charge in [-0.3, -0.25) is 0 Å². The molecule has 0 saturated carbocycles. The third kappa shape index (κ3) is 4.82. The minimum atomic E-state index is -4.43. The van der Waals surface area contributed by atoms with Crippen molar-refractivity contribution in [1.82, 2.24) is 4.98 Å². The second-order valence-corrected chi connectivity index (χ2v) is 5.72. The Kier molecular flexibility index (Phi) is 5.36. The van der Waals surface area contributed by atoms with E-state index in [4.69, 9.17) is 11.6 Å². The maximum absolute atomic E-state index is 12.5. The number of hydrogen-bond donors (Lipinski definition) is 1. The molecule has 112 valence electrons. The minimum Gasteiger partial charge on any atom is -0.368 e. The number of anilines is 1. The van der Waals surface area contributed by atoms with Crippen LogP contribution in [-0.4, -0.2) is 17.3 Å². The quantitative estimate of drug-likeness (QED) is 0.619. The first-order valence-electron chi connectivity index (χ1n) is 6.11. The number of benzene rings is 1. The molecule has 0 saturated heterocycles. The lowest BCUT2D eigenvalue weighted by Crippen LogP contribution is -2.09. The standard InChI is InChI=1S/C14H12ClF3N2S/c15-12-8-10(14(16,17)18)9-20-13(12)19-6-7-21-11-4-2-1-3-5-11/h1-5,8-9H,6-7H2,(H,19,20). The van der Waals surface area contributed by atoms with Crippen molar-refractivity contribution < 1.29 is 13.2 Å². The largest absolute Gasteiger partial charge is 0.417 e. The summed E-state index contributed by atoms with van der Waals surface area (Å²) < 4.78 is 37.4. The highest BCUT2D eigenvalue weighted by molar-refractivity contribution is 7.99. The summed E-state index contributed by atoms with van der Waals surface area (Å²) in [6.07, 6.45) is -3.66. The Morgan fingerprint density at radius 3 is 2.52 bits per heavy atom. The average molecular weight is 333 g/mol. The van der Waals surface area contributed by atoms with Crippen LogP contribution in [0.2, 0.25) is 5.02 Å². The van der Waals surface area contributed by atoms with Crippen LogP contribution in [0.3, 0.4) is 0 Å². The molecule has 0 spiro atoms. The van der Waals surface area contributed by atoms with Gasteiger partial charge >= 0.3 is 6.18 Å². The molecule has 1 heterocycles. The monoisotopic (exact) mass is 332 g/mol. The van der Waals surface area contributed by atoms with Gasteiger partial charge in [-0.2, -0.15) is 13.2 Å². The first-order chi connectivity index (χ1) is 9.97. The SMILES string of the molecule is FC(F)(F)c1cnc(NCCSc2ccccc2)c(Cl)c1. The molecule has 0 aliphatic carbocycles. The lowest BCUT2D eigenvalue weighted by Gasteiger charge is -2.10. The molecule has 0 aliphatic rings. The van der Waals surface area contributed by atoms with Crippen molar-refractivity contribution in [2.75, 3.05) is 17.6 Å². The van der Waals surface area contributed by atoms with E-state index in [9.17, 15) is 13.2 Å². The second-order valence-electron chi connectivity index (χ2n) is 4.14. The van der Waals surface area contributed by atoms with E-state index in [2.05, 4.69) is 10.3 Å². The fraction of sp³-hybridized carbons (Fsp3) is 0.214. The van der Waals surface area contributed by atoms with Crippen LogP contribution in [0.15, 0.2) is 47.5 Å². The predicted molar refractivity (Wildman–Crippen MR) is 79.9 cm³/mol. The zero-order valence-electron chi connectivity index (χ0n) is 10.8. The molecule has 1 aromatic carbocycles. The van der Waals surface area contributed by atoms with Gasteiger partial charge in [0, 0.05) is 23.4 Å². The van der Waals surface area contributed by atoms with Gasteiger partial charge in [-0.15, -0.1) is 11.8 Å². The van der Waals surface area contributed by atoms with Crippen molar-refractivity contribution in [3.05, 3.63) is 53.2 Å². The molecule has 0 unspecified atom stereocenters. The van der Waals surface area contributed by atoms with Gasteiger partial charge in [0.15, 0.2) is 0 Å². The van der Waals surface area contributed by atoms with E-state index in [1.807, 2.05) is 30.3 Å². The number of nitrogens with one attached hydrogen (secondary N) is 1. The van der Waals surface area contributed by atoms with Gasteiger partial charge in [-0.05, 0) is 18.2 Å². The van der Waals surface area contributed by atoms with E-state index in [1.54, 1.807) is 11.8 Å². The fourth-order valence-corrected chi connectivity index (χ4v) is 2.60. The lowest BCUT2D eigenvalue weighted by atomic mass is 10.3. The summed E-state index contributed by atoms with van der Waals surface area (Å²) in [6.45, 7) is 0.553. The third-order valence-electron chi connectivity index (χ3n) is 2.57. The van der Waals surface area contributed by atoms with E-state index < -0.39 is 11.7 Å². The van der Waals surface area contributed by atoms with Crippen molar-refractivity contribution in [2.24, 2.45) is 0 Å². The maximum Gasteiger partial charge on any atom is 0.417 e. The number of nitrogens with zero attached hydrogens (tertiary/aromatic N) is 1. The summed E-state index contributed by atoms with van der Waals surface area (Å²) in [5.41, 5.74) is -0.850. The van der Waals surface area contributed by atoms with E-state index in [1.165, 1.54) is 0 Å². The molecule has 1 N–H and O–H groups in total. The van der Waals surface area contributed by atoms with Crippen LogP contribution in [-0.2, 0) is 6.18 Å². The van der Waals surface area contributed by atoms with Gasteiger partial charge in [0.2, 0.25) is 0 Å². The van der Waals surface area contributed by atoms with Crippen LogP contribution in [0, 0.1) is 0 Å². The highest BCUT2D eigenvalue weighted by atomic mass is 35.5. The molecule has 2 nitrogen and oxygen atoms in total. The summed E-state index contributed by atoms with van der Waals surface area (Å²) >= 11 is 7.44. The van der Waals surface area contributed by atoms with Gasteiger partial charge < -0.3 is 5.32 Å². The smallest absolute Gasteiger partial charge is 0.368 e. The number of hydrogen-bond acceptors (Lipinski definition) is 3. The Morgan fingerprint density at radius 1 is 1.19 bits per heavy atom. The van der Waals surface area contributed by atoms with Crippen LogP contribution in [0.1, 0.15) is 5.56 Å². The third-order valence-corrected chi connectivity index (χ3v) is 3.88. The average Bonchev–Trinajstić information content (AvgIpc) is 2.45. The van der Waals surface area contributed by atoms with E-state index in [-0.39, 0.29) is 10.8 Å². The number of aromatic nitrogens is 1. The summed E-state index contributed by atoms with van der Waals surface area (Å²) in [5.74, 6) is 1.02. The summed E-state index contributed by atoms with van der Waals surface area (Å²) in [4.78, 5) is 4.85. The van der Waals surface area contributed by atoms with Crippen molar-refractivity contribution in [2.45, 2.75) is 11.1 Å². The molecule has 1 aromatic heterocycles. The van der Waals surface area contributed by atoms with Crippen molar-refractivity contribution in [1.29, 1.82) is 0 Å². The van der Waals surface area contributed by atoms with E-state index >= 15 is 0 Å². The first-order valence-corrected chi connectivity index (χ1v) is 7.47. The van der Waals surface area contributed by atoms with Crippen molar-refractivity contribution in [3.8, 4) is 0 Å². The van der Waals surface area contributed by atoms with E-state index in [0.29, 0.717) is 6.54 Å². The number of halogens is 4. The predicted octanol–water partition coefficient (Wildman–Crippen LogP) is 4.96. The molecule has 0 bridgehead atoms. The summed E-state index contributed by atoms with van der Waals surface area (Å²) in [7, 11) is 0. The van der Waals surface area contributed by atoms with Crippen LogP contribution in [0.4, 0.5) is 19.0 Å². The van der Waals surface area contributed by atoms with Gasteiger partial charge in [-0.25, -0.2) is 4.98 Å². The number of rotatable bonds is 5. The molecule has 0 aliphatic heterocycles. The first kappa shape index (κ1) is 16.0. The van der Waals surface area contributed by atoms with Gasteiger partial charge in [-0.1, -0.05) is 29.8 Å². The van der Waals surface area contributed by atoms with Crippen molar-refractivity contribution >= 4 is 29.2 Å². The molecule has 0 atom stereocenters. The van der Waals surface area contributed by atoms with Gasteiger partial charge in [0.05, 0.1) is 10.6 Å². The molecular weight excluding hydrogens is 321 g/mol. The molecule has 0 radical (unpaired) electrons. The topological polar surface area (TPSA) is 24.9 Å². The summed E-state index contributed by atoms with van der Waals surface area (Å²) in [6, 6.07) is 10.7. The molecule has 0 amide bonds. The molecule has 21 heavy (non-hydrogen) atoms. The van der Waals surface area contributed by atoms with Gasteiger partial charge in [0.1, 0.15) is 5.82 Å². The summed E-state index contributed by atoms with van der Waals surface area (Å²) in [5, 5.41) is 2.90. The number of pyridine rings is 1. The lowest BCUT2D eigenvalue weighted by molar-refractivity contribution is -0.137. The van der Waals surface area contributed by atoms with E-state index in [0.717, 1.165) is 22.9 Å². The molecule has 0 fully saturated rings. The van der Waals surface area contributed by atoms with Crippen LogP contribution < -0.4 is 5.32 Å². The highest BCUT2D eigenvalue weighted by Gasteiger charge is 2.31. The Bertz CT molecular complexity index is 591. The second kappa shape index (κ2) is 7.04. The van der Waals surface area contributed by atoms with Gasteiger partial charge in [0.25, 0.3) is 0 Å². The number of thioether (sulfide) groups is 1. The van der Waals surface area contributed by atoms with Crippen LogP contribution in [0.5, 0.6) is 0 Å². The Hall–Kier alpha value is -1.40. The zero-order chi connectivity index (χ0) is 15.3. The maximum atomic E-state index is 12.5. The molecule has 2 rings (SSSR count). The molecule has 7 heteroatoms. The van der Waals surface area contributed by atoms with Crippen LogP contribution in [0.25, 0.3) is 0 Å². The van der Waals surface area contributed by atoms with Crippen LogP contribution >= 0.6 is 23.4 Å². The highest BCUT2D eigenvalue weighted by Crippen LogP contribution is 2.32.